The van der Waals surface area contributed by atoms with Crippen molar-refractivity contribution in [1.82, 2.24) is 5.32 Å². The number of benzene rings is 1. The van der Waals surface area contributed by atoms with E-state index >= 15 is 8.78 Å². The van der Waals surface area contributed by atoms with Gasteiger partial charge in [-0.25, -0.2) is 8.78 Å². The molecule has 0 unspecified atom stereocenters. The van der Waals surface area contributed by atoms with Gasteiger partial charge >= 0.3 is 0 Å². The van der Waals surface area contributed by atoms with Gasteiger partial charge in [0.1, 0.15) is 5.75 Å². The first-order chi connectivity index (χ1) is 15.8. The first-order valence-electron chi connectivity index (χ1n) is 13.3. The van der Waals surface area contributed by atoms with Crippen LogP contribution in [0.3, 0.4) is 0 Å². The number of fused-ring (bicyclic) bond motifs is 5. The number of carbonyl (C=O) groups excluding carboxylic acids is 1. The number of hydrogen-bond acceptors (Lipinski definition) is 2. The zero-order valence-electron chi connectivity index (χ0n) is 19.9. The quantitative estimate of drug-likeness (QED) is 0.513. The minimum absolute atomic E-state index is 0.00890. The van der Waals surface area contributed by atoms with Gasteiger partial charge in [0.05, 0.1) is 0 Å². The molecule has 0 bridgehead atoms. The molecular formula is C28H39F2NO2. The van der Waals surface area contributed by atoms with E-state index in [1.54, 1.807) is 6.07 Å². The molecule has 0 aliphatic heterocycles. The fourth-order valence-electron chi connectivity index (χ4n) is 8.16. The van der Waals surface area contributed by atoms with Crippen LogP contribution in [0, 0.1) is 23.2 Å². The molecule has 0 saturated heterocycles. The molecule has 3 saturated carbocycles. The van der Waals surface area contributed by atoms with Crippen molar-refractivity contribution in [3.8, 4) is 5.75 Å². The minimum Gasteiger partial charge on any atom is -0.508 e. The molecular weight excluding hydrogens is 420 g/mol. The number of nitrogens with one attached hydrogen (secondary N) is 1. The number of aromatic hydroxyl groups is 1. The topological polar surface area (TPSA) is 49.3 Å². The molecule has 4 aliphatic rings. The first-order valence-corrected chi connectivity index (χ1v) is 13.3. The van der Waals surface area contributed by atoms with Crippen molar-refractivity contribution in [3.05, 3.63) is 29.3 Å². The van der Waals surface area contributed by atoms with Gasteiger partial charge in [-0.2, -0.15) is 0 Å². The monoisotopic (exact) mass is 459 g/mol. The summed E-state index contributed by atoms with van der Waals surface area (Å²) in [6, 6.07) is 5.96. The Morgan fingerprint density at radius 1 is 1.15 bits per heavy atom. The van der Waals surface area contributed by atoms with E-state index in [1.807, 2.05) is 19.1 Å². The number of aryl methyl sites for hydroxylation is 1. The number of phenols is 1. The van der Waals surface area contributed by atoms with Crippen LogP contribution in [0.15, 0.2) is 18.2 Å². The predicted molar refractivity (Wildman–Crippen MR) is 125 cm³/mol. The van der Waals surface area contributed by atoms with Gasteiger partial charge in [0.2, 0.25) is 5.91 Å². The number of carbonyl (C=O) groups is 1. The number of hydrogen-bond donors (Lipinski definition) is 2. The summed E-state index contributed by atoms with van der Waals surface area (Å²) in [4.78, 5) is 12.5. The molecule has 1 aromatic carbocycles. The van der Waals surface area contributed by atoms with E-state index in [-0.39, 0.29) is 30.1 Å². The maximum atomic E-state index is 15.4. The minimum atomic E-state index is -2.63. The van der Waals surface area contributed by atoms with E-state index in [2.05, 4.69) is 5.32 Å². The van der Waals surface area contributed by atoms with Crippen molar-refractivity contribution >= 4 is 5.91 Å². The lowest BCUT2D eigenvalue weighted by Crippen LogP contribution is -2.47. The molecule has 2 N–H and O–H groups in total. The van der Waals surface area contributed by atoms with Crippen LogP contribution in [0.2, 0.25) is 0 Å². The van der Waals surface area contributed by atoms with Crippen LogP contribution in [0.5, 0.6) is 5.75 Å². The van der Waals surface area contributed by atoms with Crippen LogP contribution in [-0.2, 0) is 11.2 Å². The van der Waals surface area contributed by atoms with Gasteiger partial charge in [0.25, 0.3) is 5.92 Å². The van der Waals surface area contributed by atoms with Crippen LogP contribution < -0.4 is 5.32 Å². The summed E-state index contributed by atoms with van der Waals surface area (Å²) in [5.41, 5.74) is 1.53. The van der Waals surface area contributed by atoms with Crippen LogP contribution in [0.4, 0.5) is 8.78 Å². The number of amides is 1. The van der Waals surface area contributed by atoms with Crippen LogP contribution >= 0.6 is 0 Å². The van der Waals surface area contributed by atoms with E-state index in [9.17, 15) is 9.90 Å². The smallest absolute Gasteiger partial charge is 0.253 e. The number of phenolic OH excluding ortho intramolecular Hbond substituents is 1. The van der Waals surface area contributed by atoms with Gasteiger partial charge in [0.15, 0.2) is 0 Å². The maximum Gasteiger partial charge on any atom is 0.253 e. The van der Waals surface area contributed by atoms with Crippen molar-refractivity contribution in [2.45, 2.75) is 108 Å². The highest BCUT2D eigenvalue weighted by atomic mass is 19.3. The average molecular weight is 460 g/mol. The summed E-state index contributed by atoms with van der Waals surface area (Å²) in [5, 5.41) is 13.1. The maximum absolute atomic E-state index is 15.4. The molecule has 0 spiro atoms. The van der Waals surface area contributed by atoms with Crippen molar-refractivity contribution in [2.75, 3.05) is 0 Å². The largest absolute Gasteiger partial charge is 0.508 e. The van der Waals surface area contributed by atoms with Crippen molar-refractivity contribution in [3.63, 3.8) is 0 Å². The Morgan fingerprint density at radius 2 is 1.94 bits per heavy atom. The lowest BCUT2D eigenvalue weighted by Gasteiger charge is -2.51. The van der Waals surface area contributed by atoms with Gasteiger partial charge in [-0.15, -0.1) is 0 Å². The Kier molecular flexibility index (Phi) is 6.20. The molecule has 0 aromatic heterocycles. The molecule has 1 aromatic rings. The molecule has 182 valence electrons. The lowest BCUT2D eigenvalue weighted by molar-refractivity contribution is -0.133. The van der Waals surface area contributed by atoms with Gasteiger partial charge in [-0.05, 0) is 98.3 Å². The predicted octanol–water partition coefficient (Wildman–Crippen LogP) is 6.73. The highest BCUT2D eigenvalue weighted by Crippen LogP contribution is 2.68. The van der Waals surface area contributed by atoms with E-state index in [4.69, 9.17) is 0 Å². The second-order valence-electron chi connectivity index (χ2n) is 11.6. The fraction of sp³-hybridized carbons (Fsp3) is 0.750. The van der Waals surface area contributed by atoms with Gasteiger partial charge in [-0.1, -0.05) is 32.3 Å². The van der Waals surface area contributed by atoms with Gasteiger partial charge in [0, 0.05) is 24.3 Å². The molecule has 5 rings (SSSR count). The summed E-state index contributed by atoms with van der Waals surface area (Å²) in [6.45, 7) is 1.84. The molecule has 4 aliphatic carbocycles. The SMILES string of the molecule is C[C@]12CC[C@@H]3c4ccc(O)cc4CC[C@H]3[C@@H]1[C@@H](CCCC(=O)NC1CCCCC1)CC2(F)F. The van der Waals surface area contributed by atoms with Crippen molar-refractivity contribution in [2.24, 2.45) is 23.2 Å². The van der Waals surface area contributed by atoms with Crippen molar-refractivity contribution < 1.29 is 18.7 Å². The second-order valence-corrected chi connectivity index (χ2v) is 11.6. The summed E-state index contributed by atoms with van der Waals surface area (Å²) in [5.74, 6) is -1.65. The number of alkyl halides is 2. The second kappa shape index (κ2) is 8.85. The standard InChI is InChI=1S/C28H39F2NO2/c1-27-15-14-23-22-13-11-21(32)16-18(22)10-12-24(23)26(27)19(17-28(27,29)30)6-5-9-25(33)31-20-7-3-2-4-8-20/h11,13,16,19-20,23-24,26,32H,2-10,12,14-15,17H2,1H3,(H,31,33)/t19-,23+,24+,26-,27-/m0/s1. The number of rotatable bonds is 5. The molecule has 3 fully saturated rings. The zero-order chi connectivity index (χ0) is 23.2. The molecule has 0 heterocycles. The van der Waals surface area contributed by atoms with Crippen LogP contribution in [0.25, 0.3) is 0 Å². The summed E-state index contributed by atoms with van der Waals surface area (Å²) < 4.78 is 30.8. The fourth-order valence-corrected chi connectivity index (χ4v) is 8.16. The molecule has 33 heavy (non-hydrogen) atoms. The summed E-state index contributed by atoms with van der Waals surface area (Å²) >= 11 is 0. The van der Waals surface area contributed by atoms with Gasteiger partial charge in [-0.3, -0.25) is 4.79 Å². The zero-order valence-corrected chi connectivity index (χ0v) is 19.9. The number of halogens is 2. The van der Waals surface area contributed by atoms with Crippen LogP contribution in [-0.4, -0.2) is 23.0 Å². The van der Waals surface area contributed by atoms with E-state index in [0.717, 1.165) is 38.5 Å². The molecule has 3 nitrogen and oxygen atoms in total. The highest BCUT2D eigenvalue weighted by Gasteiger charge is 2.67. The Labute approximate surface area is 196 Å². The summed E-state index contributed by atoms with van der Waals surface area (Å²) in [7, 11) is 0. The van der Waals surface area contributed by atoms with Gasteiger partial charge < -0.3 is 10.4 Å². The Bertz CT molecular complexity index is 881. The lowest BCUT2D eigenvalue weighted by atomic mass is 9.53. The summed E-state index contributed by atoms with van der Waals surface area (Å²) in [6.07, 6.45) is 10.8. The Balaban J connectivity index is 1.27. The van der Waals surface area contributed by atoms with Crippen LogP contribution in [0.1, 0.15) is 101 Å². The molecule has 5 atom stereocenters. The molecule has 5 heteroatoms. The third-order valence-electron chi connectivity index (χ3n) is 9.77. The first kappa shape index (κ1) is 23.1. The van der Waals surface area contributed by atoms with E-state index < -0.39 is 11.3 Å². The Hall–Kier alpha value is -1.65. The third kappa shape index (κ3) is 4.18. The third-order valence-corrected chi connectivity index (χ3v) is 9.77. The van der Waals surface area contributed by atoms with E-state index in [1.165, 1.54) is 30.4 Å². The van der Waals surface area contributed by atoms with Crippen molar-refractivity contribution in [1.29, 1.82) is 0 Å². The Morgan fingerprint density at radius 3 is 2.73 bits per heavy atom. The molecule has 0 radical (unpaired) electrons. The normalized spacial score (nSPS) is 35.4. The molecule has 1 amide bonds. The van der Waals surface area contributed by atoms with E-state index in [0.29, 0.717) is 37.0 Å². The highest BCUT2D eigenvalue weighted by molar-refractivity contribution is 5.76. The average Bonchev–Trinajstić information content (AvgIpc) is 2.99.